The van der Waals surface area contributed by atoms with E-state index in [0.717, 1.165) is 37.6 Å². The molecule has 1 unspecified atom stereocenters. The van der Waals surface area contributed by atoms with E-state index in [2.05, 4.69) is 24.0 Å². The molecule has 0 amide bonds. The second kappa shape index (κ2) is 5.70. The third-order valence-corrected chi connectivity index (χ3v) is 7.93. The number of benzene rings is 1. The van der Waals surface area contributed by atoms with Gasteiger partial charge in [-0.25, -0.2) is 0 Å². The molecule has 3 aliphatic carbocycles. The second-order valence-electron chi connectivity index (χ2n) is 9.39. The Labute approximate surface area is 156 Å². The number of likely N-dealkylation sites (tertiary alicyclic amines) is 1. The highest BCUT2D eigenvalue weighted by Crippen LogP contribution is 2.59. The zero-order chi connectivity index (χ0) is 18.1. The number of aliphatic hydroxyl groups is 2. The molecule has 0 spiro atoms. The monoisotopic (exact) mass is 357 g/mol. The Balaban J connectivity index is 1.64. The van der Waals surface area contributed by atoms with Gasteiger partial charge in [0.2, 0.25) is 0 Å². The Morgan fingerprint density at radius 2 is 2.08 bits per heavy atom. The van der Waals surface area contributed by atoms with Crippen LogP contribution in [0.5, 0.6) is 5.75 Å². The van der Waals surface area contributed by atoms with Crippen LogP contribution in [0, 0.1) is 11.8 Å². The molecule has 1 saturated heterocycles. The van der Waals surface area contributed by atoms with Gasteiger partial charge >= 0.3 is 0 Å². The number of rotatable bonds is 3. The largest absolute Gasteiger partial charge is 0.497 e. The summed E-state index contributed by atoms with van der Waals surface area (Å²) in [7, 11) is 1.70. The van der Waals surface area contributed by atoms with Gasteiger partial charge in [-0.05, 0) is 80.2 Å². The standard InChI is InChI=1S/C22H31NO3/c1-14-11-22(25)20-9-16-5-6-17(26-2)10-18(16)21(22,12-19(14)24)7-8-23(20)13-15-3-4-15/h5-6,10,14-15,19-20,24-25H,3-4,7-9,11-13H2,1-2H3/t14-,19+,20+,21?,22+/m0/s1. The van der Waals surface area contributed by atoms with Crippen molar-refractivity contribution < 1.29 is 14.9 Å². The Hall–Kier alpha value is -1.10. The van der Waals surface area contributed by atoms with Crippen molar-refractivity contribution in [2.24, 2.45) is 11.8 Å². The lowest BCUT2D eigenvalue weighted by molar-refractivity contribution is -0.195. The fourth-order valence-electron chi connectivity index (χ4n) is 6.26. The first-order chi connectivity index (χ1) is 12.5. The van der Waals surface area contributed by atoms with Crippen molar-refractivity contribution in [2.45, 2.75) is 68.6 Å². The maximum Gasteiger partial charge on any atom is 0.119 e. The van der Waals surface area contributed by atoms with E-state index in [1.54, 1.807) is 7.11 Å². The molecule has 0 radical (unpaired) electrons. The van der Waals surface area contributed by atoms with Crippen LogP contribution in [0.3, 0.4) is 0 Å². The van der Waals surface area contributed by atoms with Gasteiger partial charge in [-0.1, -0.05) is 13.0 Å². The summed E-state index contributed by atoms with van der Waals surface area (Å²) in [6.45, 7) is 4.25. The molecule has 2 bridgehead atoms. The number of hydrogen-bond donors (Lipinski definition) is 2. The average Bonchev–Trinajstić information content (AvgIpc) is 3.43. The molecule has 26 heavy (non-hydrogen) atoms. The van der Waals surface area contributed by atoms with Gasteiger partial charge in [-0.2, -0.15) is 0 Å². The van der Waals surface area contributed by atoms with Crippen LogP contribution in [-0.4, -0.2) is 53.1 Å². The van der Waals surface area contributed by atoms with Crippen molar-refractivity contribution in [3.8, 4) is 5.75 Å². The van der Waals surface area contributed by atoms with E-state index in [1.807, 2.05) is 6.07 Å². The second-order valence-corrected chi connectivity index (χ2v) is 9.39. The summed E-state index contributed by atoms with van der Waals surface area (Å²) in [4.78, 5) is 2.58. The van der Waals surface area contributed by atoms with Gasteiger partial charge in [0.15, 0.2) is 0 Å². The van der Waals surface area contributed by atoms with Crippen LogP contribution in [0.1, 0.15) is 50.2 Å². The molecule has 2 saturated carbocycles. The minimum absolute atomic E-state index is 0.142. The first-order valence-corrected chi connectivity index (χ1v) is 10.3. The lowest BCUT2D eigenvalue weighted by Crippen LogP contribution is -2.74. The van der Waals surface area contributed by atoms with E-state index in [1.165, 1.54) is 24.0 Å². The third-order valence-electron chi connectivity index (χ3n) is 7.93. The summed E-state index contributed by atoms with van der Waals surface area (Å²) < 4.78 is 5.50. The maximum atomic E-state index is 12.2. The Bertz CT molecular complexity index is 717. The van der Waals surface area contributed by atoms with Crippen molar-refractivity contribution in [3.63, 3.8) is 0 Å². The van der Waals surface area contributed by atoms with Crippen molar-refractivity contribution in [3.05, 3.63) is 29.3 Å². The molecule has 5 rings (SSSR count). The van der Waals surface area contributed by atoms with Crippen molar-refractivity contribution in [1.82, 2.24) is 4.90 Å². The van der Waals surface area contributed by atoms with Crippen LogP contribution in [-0.2, 0) is 11.8 Å². The van der Waals surface area contributed by atoms with Crippen molar-refractivity contribution in [1.29, 1.82) is 0 Å². The van der Waals surface area contributed by atoms with E-state index in [4.69, 9.17) is 4.74 Å². The van der Waals surface area contributed by atoms with Crippen LogP contribution in [0.15, 0.2) is 18.2 Å². The summed E-state index contributed by atoms with van der Waals surface area (Å²) in [5, 5.41) is 22.9. The molecule has 3 fully saturated rings. The normalized spacial score (nSPS) is 42.1. The third kappa shape index (κ3) is 2.25. The van der Waals surface area contributed by atoms with Gasteiger partial charge in [0.05, 0.1) is 18.8 Å². The van der Waals surface area contributed by atoms with Gasteiger partial charge in [0.1, 0.15) is 5.75 Å². The van der Waals surface area contributed by atoms with Crippen LogP contribution in [0.2, 0.25) is 0 Å². The molecular weight excluding hydrogens is 326 g/mol. The Morgan fingerprint density at radius 3 is 2.81 bits per heavy atom. The highest BCUT2D eigenvalue weighted by Gasteiger charge is 2.65. The van der Waals surface area contributed by atoms with E-state index in [-0.39, 0.29) is 23.5 Å². The number of fused-ring (bicyclic) bond motifs is 1. The number of aliphatic hydroxyl groups excluding tert-OH is 1. The molecule has 4 aliphatic rings. The summed E-state index contributed by atoms with van der Waals surface area (Å²) in [5.41, 5.74) is 1.47. The Morgan fingerprint density at radius 1 is 1.27 bits per heavy atom. The minimum atomic E-state index is -0.752. The summed E-state index contributed by atoms with van der Waals surface area (Å²) in [5.74, 6) is 1.83. The summed E-state index contributed by atoms with van der Waals surface area (Å²) >= 11 is 0. The molecule has 1 aliphatic heterocycles. The Kier molecular flexibility index (Phi) is 3.73. The predicted molar refractivity (Wildman–Crippen MR) is 100 cm³/mol. The molecule has 4 heteroatoms. The lowest BCUT2D eigenvalue weighted by atomic mass is 9.47. The molecule has 2 N–H and O–H groups in total. The zero-order valence-corrected chi connectivity index (χ0v) is 15.9. The molecule has 1 aromatic rings. The number of methoxy groups -OCH3 is 1. The molecule has 4 nitrogen and oxygen atoms in total. The van der Waals surface area contributed by atoms with E-state index >= 15 is 0 Å². The predicted octanol–water partition coefficient (Wildman–Crippen LogP) is 2.50. The van der Waals surface area contributed by atoms with Gasteiger partial charge in [-0.15, -0.1) is 0 Å². The maximum absolute atomic E-state index is 12.2. The highest BCUT2D eigenvalue weighted by atomic mass is 16.5. The number of ether oxygens (including phenoxy) is 1. The number of piperidine rings is 1. The zero-order valence-electron chi connectivity index (χ0n) is 15.9. The lowest BCUT2D eigenvalue weighted by Gasteiger charge is -2.65. The van der Waals surface area contributed by atoms with Crippen LogP contribution < -0.4 is 4.74 Å². The van der Waals surface area contributed by atoms with Gasteiger partial charge in [0, 0.05) is 18.0 Å². The van der Waals surface area contributed by atoms with Gasteiger partial charge in [-0.3, -0.25) is 4.90 Å². The van der Waals surface area contributed by atoms with Crippen LogP contribution in [0.25, 0.3) is 0 Å². The number of nitrogens with zero attached hydrogens (tertiary/aromatic N) is 1. The first kappa shape index (κ1) is 17.0. The SMILES string of the molecule is COc1ccc2c(c1)C13CCN(CC4CC4)[C@H](C2)[C@]1(O)C[C@H](C)[C@H](O)C3. The van der Waals surface area contributed by atoms with E-state index in [0.29, 0.717) is 12.8 Å². The van der Waals surface area contributed by atoms with Crippen molar-refractivity contribution in [2.75, 3.05) is 20.2 Å². The summed E-state index contributed by atoms with van der Waals surface area (Å²) in [6, 6.07) is 6.54. The summed E-state index contributed by atoms with van der Waals surface area (Å²) in [6.07, 6.45) is 5.53. The van der Waals surface area contributed by atoms with E-state index in [9.17, 15) is 10.2 Å². The van der Waals surface area contributed by atoms with Crippen LogP contribution >= 0.6 is 0 Å². The molecule has 0 aromatic heterocycles. The highest BCUT2D eigenvalue weighted by molar-refractivity contribution is 5.48. The molecule has 1 aromatic carbocycles. The fourth-order valence-corrected chi connectivity index (χ4v) is 6.26. The van der Waals surface area contributed by atoms with Gasteiger partial charge in [0.25, 0.3) is 0 Å². The molecular formula is C22H31NO3. The first-order valence-electron chi connectivity index (χ1n) is 10.3. The number of hydrogen-bond acceptors (Lipinski definition) is 4. The molecule has 142 valence electrons. The quantitative estimate of drug-likeness (QED) is 0.873. The van der Waals surface area contributed by atoms with Crippen LogP contribution in [0.4, 0.5) is 0 Å². The van der Waals surface area contributed by atoms with E-state index < -0.39 is 5.60 Å². The van der Waals surface area contributed by atoms with Crippen molar-refractivity contribution >= 4 is 0 Å². The molecule has 1 heterocycles. The minimum Gasteiger partial charge on any atom is -0.497 e. The topological polar surface area (TPSA) is 52.9 Å². The van der Waals surface area contributed by atoms with Gasteiger partial charge < -0.3 is 14.9 Å². The smallest absolute Gasteiger partial charge is 0.119 e. The fraction of sp³-hybridized carbons (Fsp3) is 0.727. The average molecular weight is 357 g/mol. The molecule has 5 atom stereocenters.